The monoisotopic (exact) mass is 287 g/mol. The SMILES string of the molecule is CC(C)NCCCN(C)S(=O)(=O)N(C)CC(F)F. The molecule has 0 saturated carbocycles. The minimum Gasteiger partial charge on any atom is -0.314 e. The summed E-state index contributed by atoms with van der Waals surface area (Å²) in [6.45, 7) is 4.20. The lowest BCUT2D eigenvalue weighted by atomic mass is 10.3. The Labute approximate surface area is 108 Å². The second-order valence-electron chi connectivity index (χ2n) is 4.46. The molecular formula is C10H23F2N3O2S. The molecule has 0 heterocycles. The van der Waals surface area contributed by atoms with Crippen molar-refractivity contribution in [2.24, 2.45) is 0 Å². The van der Waals surface area contributed by atoms with Crippen LogP contribution in [0.1, 0.15) is 20.3 Å². The maximum absolute atomic E-state index is 12.1. The average Bonchev–Trinajstić information content (AvgIpc) is 2.22. The molecule has 110 valence electrons. The molecule has 0 aliphatic carbocycles. The summed E-state index contributed by atoms with van der Waals surface area (Å²) >= 11 is 0. The Morgan fingerprint density at radius 2 is 1.72 bits per heavy atom. The molecule has 0 fully saturated rings. The average molecular weight is 287 g/mol. The zero-order valence-electron chi connectivity index (χ0n) is 11.4. The largest absolute Gasteiger partial charge is 0.314 e. The molecule has 1 N–H and O–H groups in total. The topological polar surface area (TPSA) is 52.7 Å². The van der Waals surface area contributed by atoms with Crippen molar-refractivity contribution in [2.75, 3.05) is 33.7 Å². The van der Waals surface area contributed by atoms with Crippen LogP contribution in [0.3, 0.4) is 0 Å². The van der Waals surface area contributed by atoms with Crippen molar-refractivity contribution < 1.29 is 17.2 Å². The number of alkyl halides is 2. The van der Waals surface area contributed by atoms with Crippen LogP contribution in [0.15, 0.2) is 0 Å². The van der Waals surface area contributed by atoms with Crippen LogP contribution in [0.4, 0.5) is 8.78 Å². The van der Waals surface area contributed by atoms with Gasteiger partial charge in [0.2, 0.25) is 0 Å². The van der Waals surface area contributed by atoms with Crippen molar-refractivity contribution in [3.63, 3.8) is 0 Å². The van der Waals surface area contributed by atoms with Crippen molar-refractivity contribution in [3.8, 4) is 0 Å². The molecule has 0 atom stereocenters. The van der Waals surface area contributed by atoms with Crippen molar-refractivity contribution >= 4 is 10.2 Å². The molecule has 0 aromatic heterocycles. The van der Waals surface area contributed by atoms with Gasteiger partial charge in [-0.05, 0) is 13.0 Å². The standard InChI is InChI=1S/C10H23F2N3O2S/c1-9(2)13-6-5-7-14(3)18(16,17)15(4)8-10(11)12/h9-10,13H,5-8H2,1-4H3. The zero-order valence-corrected chi connectivity index (χ0v) is 12.2. The molecule has 0 aliphatic rings. The summed E-state index contributed by atoms with van der Waals surface area (Å²) in [4.78, 5) is 0. The maximum Gasteiger partial charge on any atom is 0.281 e. The maximum atomic E-state index is 12.1. The molecule has 0 aromatic carbocycles. The van der Waals surface area contributed by atoms with E-state index < -0.39 is 23.2 Å². The van der Waals surface area contributed by atoms with Gasteiger partial charge in [0.05, 0.1) is 6.54 Å². The number of hydrogen-bond acceptors (Lipinski definition) is 3. The molecule has 5 nitrogen and oxygen atoms in total. The van der Waals surface area contributed by atoms with Crippen LogP contribution in [-0.2, 0) is 10.2 Å². The highest BCUT2D eigenvalue weighted by Gasteiger charge is 2.25. The van der Waals surface area contributed by atoms with E-state index in [-0.39, 0.29) is 0 Å². The molecule has 0 amide bonds. The lowest BCUT2D eigenvalue weighted by Gasteiger charge is -2.24. The normalized spacial score (nSPS) is 13.2. The molecule has 0 aromatic rings. The molecular weight excluding hydrogens is 264 g/mol. The Bertz CT molecular complexity index is 323. The molecule has 0 rings (SSSR count). The summed E-state index contributed by atoms with van der Waals surface area (Å²) < 4.78 is 49.6. The number of halogens is 2. The number of rotatable bonds is 9. The minimum atomic E-state index is -3.78. The van der Waals surface area contributed by atoms with Crippen molar-refractivity contribution in [1.29, 1.82) is 0 Å². The second kappa shape index (κ2) is 7.98. The third-order valence-corrected chi connectivity index (χ3v) is 4.29. The Hall–Kier alpha value is -0.310. The molecule has 0 saturated heterocycles. The summed E-state index contributed by atoms with van der Waals surface area (Å²) in [5.74, 6) is 0. The van der Waals surface area contributed by atoms with E-state index in [2.05, 4.69) is 5.32 Å². The van der Waals surface area contributed by atoms with E-state index in [0.717, 1.165) is 11.4 Å². The summed E-state index contributed by atoms with van der Waals surface area (Å²) in [6.07, 6.45) is -2.03. The van der Waals surface area contributed by atoms with Crippen molar-refractivity contribution in [1.82, 2.24) is 13.9 Å². The quantitative estimate of drug-likeness (QED) is 0.637. The van der Waals surface area contributed by atoms with Crippen LogP contribution >= 0.6 is 0 Å². The fraction of sp³-hybridized carbons (Fsp3) is 1.00. The van der Waals surface area contributed by atoms with E-state index in [4.69, 9.17) is 0 Å². The summed E-state index contributed by atoms with van der Waals surface area (Å²) in [5, 5.41) is 3.16. The van der Waals surface area contributed by atoms with Crippen LogP contribution in [0, 0.1) is 0 Å². The first kappa shape index (κ1) is 17.7. The van der Waals surface area contributed by atoms with Crippen molar-refractivity contribution in [3.05, 3.63) is 0 Å². The van der Waals surface area contributed by atoms with E-state index in [0.29, 0.717) is 29.9 Å². The molecule has 0 unspecified atom stereocenters. The zero-order chi connectivity index (χ0) is 14.3. The van der Waals surface area contributed by atoms with E-state index in [1.807, 2.05) is 13.8 Å². The molecule has 8 heteroatoms. The van der Waals surface area contributed by atoms with Gasteiger partial charge in [-0.25, -0.2) is 8.78 Å². The van der Waals surface area contributed by atoms with Gasteiger partial charge in [0.25, 0.3) is 16.6 Å². The predicted octanol–water partition coefficient (Wildman–Crippen LogP) is 0.748. The first-order chi connectivity index (χ1) is 8.17. The Morgan fingerprint density at radius 3 is 2.17 bits per heavy atom. The van der Waals surface area contributed by atoms with Gasteiger partial charge in [0.15, 0.2) is 0 Å². The van der Waals surface area contributed by atoms with E-state index >= 15 is 0 Å². The highest BCUT2D eigenvalue weighted by Crippen LogP contribution is 2.07. The summed E-state index contributed by atoms with van der Waals surface area (Å²) in [6, 6.07) is 0.341. The van der Waals surface area contributed by atoms with E-state index in [1.54, 1.807) is 0 Å². The van der Waals surface area contributed by atoms with Crippen molar-refractivity contribution in [2.45, 2.75) is 32.7 Å². The van der Waals surface area contributed by atoms with Gasteiger partial charge >= 0.3 is 0 Å². The van der Waals surface area contributed by atoms with E-state index in [9.17, 15) is 17.2 Å². The van der Waals surface area contributed by atoms with Gasteiger partial charge in [-0.1, -0.05) is 13.8 Å². The van der Waals surface area contributed by atoms with Gasteiger partial charge in [-0.15, -0.1) is 0 Å². The predicted molar refractivity (Wildman–Crippen MR) is 67.9 cm³/mol. The van der Waals surface area contributed by atoms with Gasteiger partial charge in [-0.3, -0.25) is 0 Å². The lowest BCUT2D eigenvalue weighted by molar-refractivity contribution is 0.124. The van der Waals surface area contributed by atoms with Crippen LogP contribution in [0.25, 0.3) is 0 Å². The second-order valence-corrected chi connectivity index (χ2v) is 6.61. The summed E-state index contributed by atoms with van der Waals surface area (Å²) in [5.41, 5.74) is 0. The van der Waals surface area contributed by atoms with Gasteiger partial charge in [-0.2, -0.15) is 17.0 Å². The fourth-order valence-electron chi connectivity index (χ4n) is 1.33. The minimum absolute atomic E-state index is 0.301. The Morgan fingerprint density at radius 1 is 1.17 bits per heavy atom. The van der Waals surface area contributed by atoms with Crippen LogP contribution < -0.4 is 5.32 Å². The molecule has 0 spiro atoms. The molecule has 18 heavy (non-hydrogen) atoms. The first-order valence-corrected chi connectivity index (χ1v) is 7.26. The Balaban J connectivity index is 4.18. The third kappa shape index (κ3) is 6.58. The smallest absolute Gasteiger partial charge is 0.281 e. The first-order valence-electron chi connectivity index (χ1n) is 5.87. The molecule has 0 radical (unpaired) electrons. The van der Waals surface area contributed by atoms with Gasteiger partial charge in [0, 0.05) is 26.7 Å². The Kier molecular flexibility index (Phi) is 7.84. The van der Waals surface area contributed by atoms with Crippen LogP contribution in [-0.4, -0.2) is 63.2 Å². The highest BCUT2D eigenvalue weighted by atomic mass is 32.2. The number of nitrogens with zero attached hydrogens (tertiary/aromatic N) is 2. The number of nitrogens with one attached hydrogen (secondary N) is 1. The lowest BCUT2D eigenvalue weighted by Crippen LogP contribution is -2.42. The van der Waals surface area contributed by atoms with Crippen LogP contribution in [0.5, 0.6) is 0 Å². The summed E-state index contributed by atoms with van der Waals surface area (Å²) in [7, 11) is -1.22. The number of hydrogen-bond donors (Lipinski definition) is 1. The van der Waals surface area contributed by atoms with Gasteiger partial charge < -0.3 is 5.32 Å². The molecule has 0 aliphatic heterocycles. The molecule has 0 bridgehead atoms. The van der Waals surface area contributed by atoms with Gasteiger partial charge in [0.1, 0.15) is 0 Å². The third-order valence-electron chi connectivity index (χ3n) is 2.39. The fourth-order valence-corrected chi connectivity index (χ4v) is 2.47. The highest BCUT2D eigenvalue weighted by molar-refractivity contribution is 7.86. The van der Waals surface area contributed by atoms with Crippen LogP contribution in [0.2, 0.25) is 0 Å². The van der Waals surface area contributed by atoms with E-state index in [1.165, 1.54) is 7.05 Å².